The van der Waals surface area contributed by atoms with Crippen LogP contribution in [0.1, 0.15) is 66.5 Å². The number of amides is 2. The molecule has 5 N–H and O–H groups in total. The molecule has 1 aromatic heterocycles. The highest BCUT2D eigenvalue weighted by molar-refractivity contribution is 6.08. The van der Waals surface area contributed by atoms with E-state index in [4.69, 9.17) is 10.5 Å². The van der Waals surface area contributed by atoms with Crippen molar-refractivity contribution < 1.29 is 23.1 Å². The number of benzene rings is 2. The first-order valence-electron chi connectivity index (χ1n) is 15.4. The molecule has 0 radical (unpaired) electrons. The van der Waals surface area contributed by atoms with E-state index in [1.807, 2.05) is 18.2 Å². The molecular formula is C34H37F2N5O3. The molecule has 1 saturated carbocycles. The Bertz CT molecular complexity index is 1630. The van der Waals surface area contributed by atoms with Crippen LogP contribution < -0.4 is 21.7 Å². The van der Waals surface area contributed by atoms with Crippen molar-refractivity contribution in [2.24, 2.45) is 11.1 Å². The van der Waals surface area contributed by atoms with E-state index in [2.05, 4.69) is 33.9 Å². The molecule has 44 heavy (non-hydrogen) atoms. The van der Waals surface area contributed by atoms with Gasteiger partial charge in [-0.25, -0.2) is 13.8 Å². The van der Waals surface area contributed by atoms with E-state index in [9.17, 15) is 18.4 Å². The summed E-state index contributed by atoms with van der Waals surface area (Å²) < 4.78 is 32.9. The van der Waals surface area contributed by atoms with Crippen LogP contribution in [-0.4, -0.2) is 42.1 Å². The van der Waals surface area contributed by atoms with Crippen LogP contribution in [0.3, 0.4) is 0 Å². The first kappa shape index (κ1) is 29.0. The monoisotopic (exact) mass is 601 g/mol. The molecule has 3 aromatic rings. The number of fused-ring (bicyclic) bond motifs is 3. The number of aryl methyl sites for hydroxylation is 1. The number of carbonyl (C=O) groups excluding carboxylic acids is 2. The summed E-state index contributed by atoms with van der Waals surface area (Å²) in [5, 5.41) is 9.63. The van der Waals surface area contributed by atoms with E-state index in [0.29, 0.717) is 50.4 Å². The van der Waals surface area contributed by atoms with Gasteiger partial charge >= 0.3 is 0 Å². The minimum Gasteiger partial charge on any atom is -0.380 e. The van der Waals surface area contributed by atoms with Crippen molar-refractivity contribution in [3.8, 4) is 0 Å². The first-order valence-corrected chi connectivity index (χ1v) is 15.4. The molecule has 2 fully saturated rings. The number of para-hydroxylation sites is 1. The van der Waals surface area contributed by atoms with Crippen LogP contribution in [0.2, 0.25) is 0 Å². The zero-order valence-electron chi connectivity index (χ0n) is 24.8. The number of hydrogen-bond donors (Lipinski definition) is 4. The molecule has 7 rings (SSSR count). The number of hydrogen-bond acceptors (Lipinski definition) is 6. The summed E-state index contributed by atoms with van der Waals surface area (Å²) in [4.78, 5) is 30.9. The molecule has 2 atom stereocenters. The molecule has 2 aliphatic heterocycles. The van der Waals surface area contributed by atoms with Gasteiger partial charge in [0.15, 0.2) is 0 Å². The third-order valence-electron chi connectivity index (χ3n) is 10.1. The second kappa shape index (κ2) is 10.7. The van der Waals surface area contributed by atoms with Crippen LogP contribution in [-0.2, 0) is 39.0 Å². The highest BCUT2D eigenvalue weighted by Crippen LogP contribution is 2.55. The number of aromatic nitrogens is 1. The van der Waals surface area contributed by atoms with E-state index >= 15 is 0 Å². The van der Waals surface area contributed by atoms with Crippen molar-refractivity contribution in [1.29, 1.82) is 0 Å². The van der Waals surface area contributed by atoms with Gasteiger partial charge in [-0.05, 0) is 84.5 Å². The molecule has 2 amide bonds. The van der Waals surface area contributed by atoms with Gasteiger partial charge in [0.1, 0.15) is 17.5 Å². The van der Waals surface area contributed by atoms with Gasteiger partial charge in [-0.2, -0.15) is 0 Å². The number of rotatable bonds is 9. The van der Waals surface area contributed by atoms with E-state index in [0.717, 1.165) is 53.3 Å². The molecular weight excluding hydrogens is 564 g/mol. The Labute approximate surface area is 255 Å². The molecule has 4 aliphatic rings. The van der Waals surface area contributed by atoms with Crippen molar-refractivity contribution in [2.45, 2.75) is 68.9 Å². The minimum absolute atomic E-state index is 0.0189. The Morgan fingerprint density at radius 2 is 1.86 bits per heavy atom. The Hall–Kier alpha value is -3.73. The lowest BCUT2D eigenvalue weighted by Gasteiger charge is -2.61. The van der Waals surface area contributed by atoms with E-state index in [1.165, 1.54) is 12.1 Å². The third kappa shape index (κ3) is 4.98. The molecule has 230 valence electrons. The van der Waals surface area contributed by atoms with Crippen LogP contribution in [0.15, 0.2) is 48.7 Å². The van der Waals surface area contributed by atoms with Crippen LogP contribution in [0.5, 0.6) is 0 Å². The number of ether oxygens (including phenoxy) is 1. The van der Waals surface area contributed by atoms with Crippen molar-refractivity contribution in [2.75, 3.05) is 30.4 Å². The van der Waals surface area contributed by atoms with Crippen molar-refractivity contribution in [1.82, 2.24) is 10.3 Å². The number of nitrogens with one attached hydrogen (secondary N) is 3. The topological polar surface area (TPSA) is 118 Å². The van der Waals surface area contributed by atoms with E-state index in [1.54, 1.807) is 6.20 Å². The molecule has 1 saturated heterocycles. The average Bonchev–Trinajstić information content (AvgIpc) is 3.47. The quantitative estimate of drug-likeness (QED) is 0.288. The maximum absolute atomic E-state index is 13.7. The second-order valence-electron chi connectivity index (χ2n) is 13.3. The largest absolute Gasteiger partial charge is 0.380 e. The predicted octanol–water partition coefficient (Wildman–Crippen LogP) is 4.47. The zero-order valence-corrected chi connectivity index (χ0v) is 24.8. The van der Waals surface area contributed by atoms with Gasteiger partial charge in [0.2, 0.25) is 11.8 Å². The molecule has 10 heteroatoms. The van der Waals surface area contributed by atoms with Gasteiger partial charge in [0.25, 0.3) is 0 Å². The first-order chi connectivity index (χ1) is 21.1. The van der Waals surface area contributed by atoms with Crippen LogP contribution in [0.25, 0.3) is 0 Å². The zero-order chi connectivity index (χ0) is 30.7. The molecule has 3 heterocycles. The number of carbonyl (C=O) groups is 2. The Morgan fingerprint density at radius 1 is 1.11 bits per heavy atom. The Balaban J connectivity index is 0.997. The number of halogens is 2. The average molecular weight is 602 g/mol. The van der Waals surface area contributed by atoms with Gasteiger partial charge in [-0.1, -0.05) is 25.1 Å². The van der Waals surface area contributed by atoms with Gasteiger partial charge in [-0.3, -0.25) is 9.59 Å². The second-order valence-corrected chi connectivity index (χ2v) is 13.3. The molecule has 8 nitrogen and oxygen atoms in total. The summed E-state index contributed by atoms with van der Waals surface area (Å²) in [6.07, 6.45) is 6.31. The van der Waals surface area contributed by atoms with E-state index < -0.39 is 23.1 Å². The number of anilines is 2. The summed E-state index contributed by atoms with van der Waals surface area (Å²) in [5.74, 6) is -0.974. The lowest BCUT2D eigenvalue weighted by Crippen LogP contribution is -2.67. The molecule has 2 spiro atoms. The fourth-order valence-electron chi connectivity index (χ4n) is 7.94. The normalized spacial score (nSPS) is 22.6. The SMILES string of the molecule is CCc1cccc2c1NC(=O)C21Cc2cnc(NC(=O)CCC3(NCC(N)c4cc(F)cc(F)c4)CC4(COC4)C3)cc2C1. The molecule has 2 aromatic carbocycles. The van der Waals surface area contributed by atoms with Crippen molar-refractivity contribution >= 4 is 23.3 Å². The maximum Gasteiger partial charge on any atom is 0.235 e. The highest BCUT2D eigenvalue weighted by Gasteiger charge is 2.58. The number of nitrogens with zero attached hydrogens (tertiary/aromatic N) is 1. The highest BCUT2D eigenvalue weighted by atomic mass is 19.1. The summed E-state index contributed by atoms with van der Waals surface area (Å²) >= 11 is 0. The minimum atomic E-state index is -0.659. The van der Waals surface area contributed by atoms with Gasteiger partial charge in [0.05, 0.1) is 18.6 Å². The predicted molar refractivity (Wildman–Crippen MR) is 162 cm³/mol. The fraction of sp³-hybridized carbons (Fsp3) is 0.441. The standard InChI is InChI=1S/C34H37F2N5O3/c1-2-20-4-3-5-26-30(20)41-31(43)34(26)12-22-10-28(38-14-23(22)13-34)40-29(42)6-7-33(16-32(17-33)18-44-19-32)39-15-27(37)21-8-24(35)11-25(36)9-21/h3-5,8-11,14,27,39H,2,6-7,12-13,15-19,37H2,1H3,(H,41,43)(H,38,40,42). The lowest BCUT2D eigenvalue weighted by molar-refractivity contribution is -0.194. The molecule has 2 unspecified atom stereocenters. The lowest BCUT2D eigenvalue weighted by atomic mass is 9.54. The summed E-state index contributed by atoms with van der Waals surface area (Å²) in [6.45, 7) is 3.81. The van der Waals surface area contributed by atoms with E-state index in [-0.39, 0.29) is 29.2 Å². The summed E-state index contributed by atoms with van der Waals surface area (Å²) in [7, 11) is 0. The smallest absolute Gasteiger partial charge is 0.235 e. The number of nitrogens with two attached hydrogens (primary N) is 1. The van der Waals surface area contributed by atoms with Gasteiger partial charge < -0.3 is 26.4 Å². The molecule has 0 bridgehead atoms. The Morgan fingerprint density at radius 3 is 2.57 bits per heavy atom. The van der Waals surface area contributed by atoms with Crippen LogP contribution in [0, 0.1) is 17.0 Å². The summed E-state index contributed by atoms with van der Waals surface area (Å²) in [6, 6.07) is 10.8. The van der Waals surface area contributed by atoms with Crippen LogP contribution >= 0.6 is 0 Å². The Kier molecular flexibility index (Phi) is 7.06. The third-order valence-corrected chi connectivity index (χ3v) is 10.1. The maximum atomic E-state index is 13.7. The molecule has 2 aliphatic carbocycles. The summed E-state index contributed by atoms with van der Waals surface area (Å²) in [5.41, 5.74) is 11.0. The van der Waals surface area contributed by atoms with Crippen molar-refractivity contribution in [3.05, 3.63) is 88.1 Å². The fourth-order valence-corrected chi connectivity index (χ4v) is 7.94. The van der Waals surface area contributed by atoms with Crippen LogP contribution in [0.4, 0.5) is 20.3 Å². The van der Waals surface area contributed by atoms with Gasteiger partial charge in [0, 0.05) is 47.9 Å². The van der Waals surface area contributed by atoms with Gasteiger partial charge in [-0.15, -0.1) is 0 Å². The number of pyridine rings is 1. The van der Waals surface area contributed by atoms with Crippen molar-refractivity contribution in [3.63, 3.8) is 0 Å².